The number of pyridine rings is 1. The molecule has 0 radical (unpaired) electrons. The van der Waals surface area contributed by atoms with Crippen LogP contribution in [0.2, 0.25) is 0 Å². The standard InChI is InChI=1S/C22H18FN3O3/c1-12-3-5-14(8-17(12)23)22(28)26(2)19-11-29-10-18-20(19)15-6-4-13(9-24)7-16(15)21(27)25-18/h3-8,19H,10-11H2,1-2H3,(H,25,27). The van der Waals surface area contributed by atoms with Crippen LogP contribution in [0.5, 0.6) is 0 Å². The molecule has 146 valence electrons. The molecule has 2 aromatic carbocycles. The normalized spacial score (nSPS) is 15.6. The molecule has 0 aliphatic carbocycles. The Hall–Kier alpha value is -3.50. The maximum absolute atomic E-state index is 13.9. The van der Waals surface area contributed by atoms with Crippen molar-refractivity contribution in [1.29, 1.82) is 5.26 Å². The molecule has 6 nitrogen and oxygen atoms in total. The van der Waals surface area contributed by atoms with Crippen molar-refractivity contribution in [3.8, 4) is 6.07 Å². The predicted molar refractivity (Wildman–Crippen MR) is 105 cm³/mol. The quantitative estimate of drug-likeness (QED) is 0.727. The highest BCUT2D eigenvalue weighted by Gasteiger charge is 2.31. The number of aryl methyl sites for hydroxylation is 1. The van der Waals surface area contributed by atoms with Gasteiger partial charge in [0.25, 0.3) is 11.5 Å². The number of nitrogens with zero attached hydrogens (tertiary/aromatic N) is 2. The number of benzene rings is 2. The van der Waals surface area contributed by atoms with Crippen LogP contribution in [-0.2, 0) is 11.3 Å². The Kier molecular flexibility index (Phi) is 4.65. The van der Waals surface area contributed by atoms with Gasteiger partial charge in [-0.15, -0.1) is 0 Å². The van der Waals surface area contributed by atoms with E-state index in [0.29, 0.717) is 27.6 Å². The summed E-state index contributed by atoms with van der Waals surface area (Å²) in [6.07, 6.45) is 0. The fraction of sp³-hybridized carbons (Fsp3) is 0.227. The summed E-state index contributed by atoms with van der Waals surface area (Å²) in [5.41, 5.74) is 2.15. The lowest BCUT2D eigenvalue weighted by atomic mass is 9.94. The number of nitrogens with one attached hydrogen (secondary N) is 1. The zero-order valence-corrected chi connectivity index (χ0v) is 16.0. The zero-order valence-electron chi connectivity index (χ0n) is 16.0. The lowest BCUT2D eigenvalue weighted by Crippen LogP contribution is -2.37. The molecule has 29 heavy (non-hydrogen) atoms. The molecule has 3 aromatic rings. The van der Waals surface area contributed by atoms with Gasteiger partial charge in [0.1, 0.15) is 5.82 Å². The van der Waals surface area contributed by atoms with Crippen LogP contribution in [0, 0.1) is 24.1 Å². The molecular weight excluding hydrogens is 373 g/mol. The van der Waals surface area contributed by atoms with Crippen LogP contribution < -0.4 is 5.56 Å². The monoisotopic (exact) mass is 391 g/mol. The molecule has 0 saturated heterocycles. The molecule has 0 saturated carbocycles. The molecule has 1 aromatic heterocycles. The first-order valence-electron chi connectivity index (χ1n) is 9.10. The van der Waals surface area contributed by atoms with Crippen molar-refractivity contribution in [1.82, 2.24) is 9.88 Å². The number of likely N-dealkylation sites (N-methyl/N-ethyl adjacent to an activating group) is 1. The van der Waals surface area contributed by atoms with E-state index in [4.69, 9.17) is 10.00 Å². The zero-order chi connectivity index (χ0) is 20.7. The Balaban J connectivity index is 1.82. The van der Waals surface area contributed by atoms with Crippen LogP contribution in [0.1, 0.15) is 38.8 Å². The van der Waals surface area contributed by atoms with Gasteiger partial charge in [0, 0.05) is 29.3 Å². The minimum Gasteiger partial charge on any atom is -0.373 e. The van der Waals surface area contributed by atoms with Crippen molar-refractivity contribution in [3.63, 3.8) is 0 Å². The highest BCUT2D eigenvalue weighted by molar-refractivity contribution is 5.95. The van der Waals surface area contributed by atoms with Crippen molar-refractivity contribution in [2.45, 2.75) is 19.6 Å². The molecule has 1 unspecified atom stereocenters. The fourth-order valence-corrected chi connectivity index (χ4v) is 3.70. The molecule has 4 rings (SSSR count). The average Bonchev–Trinajstić information content (AvgIpc) is 2.74. The number of nitriles is 1. The summed E-state index contributed by atoms with van der Waals surface area (Å²) >= 11 is 0. The van der Waals surface area contributed by atoms with E-state index in [2.05, 4.69) is 4.98 Å². The van der Waals surface area contributed by atoms with E-state index in [1.807, 2.05) is 6.07 Å². The minimum atomic E-state index is -0.470. The largest absolute Gasteiger partial charge is 0.373 e. The number of hydrogen-bond donors (Lipinski definition) is 1. The molecule has 0 bridgehead atoms. The molecule has 1 atom stereocenters. The molecule has 1 aliphatic heterocycles. The first-order chi connectivity index (χ1) is 13.9. The SMILES string of the molecule is Cc1ccc(C(=O)N(C)C2COCc3[nH]c(=O)c4cc(C#N)ccc4c32)cc1F. The first kappa shape index (κ1) is 18.8. The van der Waals surface area contributed by atoms with Gasteiger partial charge in [-0.05, 0) is 42.1 Å². The van der Waals surface area contributed by atoms with E-state index in [1.165, 1.54) is 17.0 Å². The van der Waals surface area contributed by atoms with Gasteiger partial charge in [-0.3, -0.25) is 9.59 Å². The maximum atomic E-state index is 13.9. The highest BCUT2D eigenvalue weighted by Crippen LogP contribution is 2.33. The Morgan fingerprint density at radius 3 is 2.79 bits per heavy atom. The van der Waals surface area contributed by atoms with Crippen LogP contribution in [0.4, 0.5) is 4.39 Å². The number of hydrogen-bond acceptors (Lipinski definition) is 4. The van der Waals surface area contributed by atoms with Gasteiger partial charge in [0.2, 0.25) is 0 Å². The third-order valence-electron chi connectivity index (χ3n) is 5.33. The number of rotatable bonds is 2. The van der Waals surface area contributed by atoms with Crippen molar-refractivity contribution in [2.75, 3.05) is 13.7 Å². The van der Waals surface area contributed by atoms with Gasteiger partial charge in [0.15, 0.2) is 0 Å². The van der Waals surface area contributed by atoms with Gasteiger partial charge >= 0.3 is 0 Å². The van der Waals surface area contributed by atoms with E-state index in [0.717, 1.165) is 5.56 Å². The number of carbonyl (C=O) groups excluding carboxylic acids is 1. The van der Waals surface area contributed by atoms with Crippen LogP contribution in [0.3, 0.4) is 0 Å². The second-order valence-corrected chi connectivity index (χ2v) is 7.13. The molecule has 0 fully saturated rings. The smallest absolute Gasteiger partial charge is 0.256 e. The third-order valence-corrected chi connectivity index (χ3v) is 5.33. The Labute approximate surface area is 166 Å². The van der Waals surface area contributed by atoms with E-state index >= 15 is 0 Å². The molecule has 7 heteroatoms. The van der Waals surface area contributed by atoms with E-state index in [-0.39, 0.29) is 30.2 Å². The maximum Gasteiger partial charge on any atom is 0.256 e. The Morgan fingerprint density at radius 2 is 2.07 bits per heavy atom. The molecule has 1 aliphatic rings. The summed E-state index contributed by atoms with van der Waals surface area (Å²) in [6.45, 7) is 2.10. The van der Waals surface area contributed by atoms with Crippen LogP contribution in [0.15, 0.2) is 41.2 Å². The topological polar surface area (TPSA) is 86.2 Å². The summed E-state index contributed by atoms with van der Waals surface area (Å²) < 4.78 is 19.6. The van der Waals surface area contributed by atoms with Gasteiger partial charge in [-0.1, -0.05) is 12.1 Å². The molecule has 1 N–H and O–H groups in total. The second-order valence-electron chi connectivity index (χ2n) is 7.13. The Morgan fingerprint density at radius 1 is 1.28 bits per heavy atom. The fourth-order valence-electron chi connectivity index (χ4n) is 3.70. The second kappa shape index (κ2) is 7.15. The number of H-pyrrole nitrogens is 1. The number of aromatic nitrogens is 1. The predicted octanol–water partition coefficient (Wildman–Crippen LogP) is 3.19. The third kappa shape index (κ3) is 3.18. The summed E-state index contributed by atoms with van der Waals surface area (Å²) in [4.78, 5) is 29.8. The number of amides is 1. The highest BCUT2D eigenvalue weighted by atomic mass is 19.1. The average molecular weight is 391 g/mol. The van der Waals surface area contributed by atoms with Gasteiger partial charge in [0.05, 0.1) is 30.9 Å². The summed E-state index contributed by atoms with van der Waals surface area (Å²) in [7, 11) is 1.63. The molecule has 2 heterocycles. The summed E-state index contributed by atoms with van der Waals surface area (Å²) in [5.74, 6) is -0.790. The van der Waals surface area contributed by atoms with Crippen molar-refractivity contribution in [3.05, 3.63) is 80.5 Å². The van der Waals surface area contributed by atoms with Gasteiger partial charge < -0.3 is 14.6 Å². The first-order valence-corrected chi connectivity index (χ1v) is 9.10. The summed E-state index contributed by atoms with van der Waals surface area (Å²) in [6, 6.07) is 10.9. The van der Waals surface area contributed by atoms with Crippen molar-refractivity contribution < 1.29 is 13.9 Å². The molecular formula is C22H18FN3O3. The lowest BCUT2D eigenvalue weighted by Gasteiger charge is -2.34. The lowest BCUT2D eigenvalue weighted by molar-refractivity contribution is 0.0335. The molecule has 0 spiro atoms. The van der Waals surface area contributed by atoms with Crippen molar-refractivity contribution >= 4 is 16.7 Å². The number of carbonyl (C=O) groups is 1. The number of ether oxygens (including phenoxy) is 1. The molecule has 1 amide bonds. The van der Waals surface area contributed by atoms with Crippen LogP contribution in [0.25, 0.3) is 10.8 Å². The van der Waals surface area contributed by atoms with E-state index < -0.39 is 11.9 Å². The Bertz CT molecular complexity index is 1240. The number of fused-ring (bicyclic) bond motifs is 3. The van der Waals surface area contributed by atoms with Gasteiger partial charge in [-0.2, -0.15) is 5.26 Å². The van der Waals surface area contributed by atoms with Crippen LogP contribution in [-0.4, -0.2) is 29.4 Å². The van der Waals surface area contributed by atoms with E-state index in [9.17, 15) is 14.0 Å². The summed E-state index contributed by atoms with van der Waals surface area (Å²) in [5, 5.41) is 10.2. The van der Waals surface area contributed by atoms with E-state index in [1.54, 1.807) is 38.2 Å². The van der Waals surface area contributed by atoms with Crippen LogP contribution >= 0.6 is 0 Å². The number of aromatic amines is 1. The minimum absolute atomic E-state index is 0.220. The van der Waals surface area contributed by atoms with Crippen molar-refractivity contribution in [2.24, 2.45) is 0 Å². The van der Waals surface area contributed by atoms with Gasteiger partial charge in [-0.25, -0.2) is 4.39 Å². The number of halogens is 1.